The van der Waals surface area contributed by atoms with Crippen LogP contribution in [0.2, 0.25) is 0 Å². The molecule has 2 nitrogen and oxygen atoms in total. The summed E-state index contributed by atoms with van der Waals surface area (Å²) in [4.78, 5) is 12.1. The number of benzene rings is 1. The first-order chi connectivity index (χ1) is 7.84. The van der Waals surface area contributed by atoms with Crippen molar-refractivity contribution in [1.29, 1.82) is 0 Å². The molecule has 0 unspecified atom stereocenters. The Labute approximate surface area is 93.9 Å². The van der Waals surface area contributed by atoms with Gasteiger partial charge in [-0.15, -0.1) is 0 Å². The summed E-state index contributed by atoms with van der Waals surface area (Å²) < 4.78 is 5.16. The maximum absolute atomic E-state index is 12.1. The SMILES string of the molecule is O=C(c1ccco1)C1Cc2ccccc2C1. The van der Waals surface area contributed by atoms with Gasteiger partial charge in [-0.05, 0) is 36.1 Å². The molecule has 3 rings (SSSR count). The first-order valence-corrected chi connectivity index (χ1v) is 5.49. The number of hydrogen-bond donors (Lipinski definition) is 0. The monoisotopic (exact) mass is 212 g/mol. The Morgan fingerprint density at radius 2 is 1.75 bits per heavy atom. The molecule has 1 heterocycles. The van der Waals surface area contributed by atoms with E-state index in [4.69, 9.17) is 4.42 Å². The quantitative estimate of drug-likeness (QED) is 0.716. The number of carbonyl (C=O) groups is 1. The fourth-order valence-electron chi connectivity index (χ4n) is 2.36. The Kier molecular flexibility index (Phi) is 2.13. The molecule has 0 saturated carbocycles. The van der Waals surface area contributed by atoms with Crippen molar-refractivity contribution in [2.45, 2.75) is 12.8 Å². The zero-order valence-electron chi connectivity index (χ0n) is 8.85. The van der Waals surface area contributed by atoms with Gasteiger partial charge in [0.25, 0.3) is 0 Å². The van der Waals surface area contributed by atoms with E-state index < -0.39 is 0 Å². The van der Waals surface area contributed by atoms with Crippen molar-refractivity contribution in [2.75, 3.05) is 0 Å². The van der Waals surface area contributed by atoms with Crippen molar-refractivity contribution in [1.82, 2.24) is 0 Å². The van der Waals surface area contributed by atoms with Gasteiger partial charge >= 0.3 is 0 Å². The Morgan fingerprint density at radius 1 is 1.06 bits per heavy atom. The van der Waals surface area contributed by atoms with Crippen molar-refractivity contribution in [2.24, 2.45) is 5.92 Å². The van der Waals surface area contributed by atoms with Crippen LogP contribution in [0.5, 0.6) is 0 Å². The summed E-state index contributed by atoms with van der Waals surface area (Å²) in [6, 6.07) is 11.8. The van der Waals surface area contributed by atoms with Crippen LogP contribution in [0.25, 0.3) is 0 Å². The molecule has 16 heavy (non-hydrogen) atoms. The fourth-order valence-corrected chi connectivity index (χ4v) is 2.36. The Morgan fingerprint density at radius 3 is 2.31 bits per heavy atom. The van der Waals surface area contributed by atoms with E-state index in [1.165, 1.54) is 11.1 Å². The number of rotatable bonds is 2. The maximum atomic E-state index is 12.1. The second kappa shape index (κ2) is 3.63. The van der Waals surface area contributed by atoms with Crippen molar-refractivity contribution < 1.29 is 9.21 Å². The summed E-state index contributed by atoms with van der Waals surface area (Å²) in [7, 11) is 0. The summed E-state index contributed by atoms with van der Waals surface area (Å²) in [5, 5.41) is 0. The minimum Gasteiger partial charge on any atom is -0.461 e. The van der Waals surface area contributed by atoms with Crippen LogP contribution in [0.3, 0.4) is 0 Å². The Bertz CT molecular complexity index is 486. The molecule has 2 aromatic rings. The van der Waals surface area contributed by atoms with E-state index in [9.17, 15) is 4.79 Å². The van der Waals surface area contributed by atoms with Gasteiger partial charge in [-0.3, -0.25) is 4.79 Å². The minimum absolute atomic E-state index is 0.0588. The van der Waals surface area contributed by atoms with Crippen molar-refractivity contribution >= 4 is 5.78 Å². The lowest BCUT2D eigenvalue weighted by Crippen LogP contribution is -2.14. The van der Waals surface area contributed by atoms with E-state index in [1.54, 1.807) is 18.4 Å². The smallest absolute Gasteiger partial charge is 0.201 e. The molecule has 1 aliphatic rings. The number of fused-ring (bicyclic) bond motifs is 1. The molecule has 1 aromatic carbocycles. The molecule has 0 spiro atoms. The maximum Gasteiger partial charge on any atom is 0.201 e. The van der Waals surface area contributed by atoms with Crippen molar-refractivity contribution in [3.05, 3.63) is 59.5 Å². The molecule has 2 heteroatoms. The third-order valence-electron chi connectivity index (χ3n) is 3.19. The molecule has 1 aromatic heterocycles. The Balaban J connectivity index is 1.84. The van der Waals surface area contributed by atoms with Crippen LogP contribution in [0.15, 0.2) is 47.1 Å². The lowest BCUT2D eigenvalue weighted by Gasteiger charge is -2.04. The molecule has 80 valence electrons. The highest BCUT2D eigenvalue weighted by Gasteiger charge is 2.28. The lowest BCUT2D eigenvalue weighted by molar-refractivity contribution is 0.0896. The molecule has 0 aliphatic heterocycles. The third-order valence-corrected chi connectivity index (χ3v) is 3.19. The summed E-state index contributed by atoms with van der Waals surface area (Å²) in [6.07, 6.45) is 3.24. The second-order valence-corrected chi connectivity index (χ2v) is 4.22. The summed E-state index contributed by atoms with van der Waals surface area (Å²) in [6.45, 7) is 0. The Hall–Kier alpha value is -1.83. The van der Waals surface area contributed by atoms with Gasteiger partial charge in [-0.1, -0.05) is 24.3 Å². The predicted octanol–water partition coefficient (Wildman–Crippen LogP) is 2.88. The summed E-state index contributed by atoms with van der Waals surface area (Å²) in [5.41, 5.74) is 2.60. The highest BCUT2D eigenvalue weighted by Crippen LogP contribution is 2.28. The average Bonchev–Trinajstić information content (AvgIpc) is 2.97. The van der Waals surface area contributed by atoms with Gasteiger partial charge in [0.2, 0.25) is 5.78 Å². The highest BCUT2D eigenvalue weighted by atomic mass is 16.3. The molecule has 0 N–H and O–H groups in total. The number of ketones is 1. The van der Waals surface area contributed by atoms with Crippen LogP contribution in [0, 0.1) is 5.92 Å². The molecule has 0 amide bonds. The summed E-state index contributed by atoms with van der Waals surface area (Å²) in [5.74, 6) is 0.669. The lowest BCUT2D eigenvalue weighted by atomic mass is 9.99. The fraction of sp³-hybridized carbons (Fsp3) is 0.214. The van der Waals surface area contributed by atoms with E-state index >= 15 is 0 Å². The molecule has 0 radical (unpaired) electrons. The largest absolute Gasteiger partial charge is 0.461 e. The highest BCUT2D eigenvalue weighted by molar-refractivity contribution is 5.96. The molecule has 0 bridgehead atoms. The topological polar surface area (TPSA) is 30.2 Å². The molecular weight excluding hydrogens is 200 g/mol. The minimum atomic E-state index is 0.0588. The predicted molar refractivity (Wildman–Crippen MR) is 60.4 cm³/mol. The molecule has 1 aliphatic carbocycles. The van der Waals surface area contributed by atoms with Gasteiger partial charge in [0.05, 0.1) is 6.26 Å². The van der Waals surface area contributed by atoms with Gasteiger partial charge in [-0.25, -0.2) is 0 Å². The standard InChI is InChI=1S/C14H12O2/c15-14(13-6-3-7-16-13)12-8-10-4-1-2-5-11(10)9-12/h1-7,12H,8-9H2. The van der Waals surface area contributed by atoms with Crippen molar-refractivity contribution in [3.63, 3.8) is 0 Å². The van der Waals surface area contributed by atoms with E-state index in [0.29, 0.717) is 5.76 Å². The number of hydrogen-bond acceptors (Lipinski definition) is 2. The van der Waals surface area contributed by atoms with E-state index in [2.05, 4.69) is 12.1 Å². The summed E-state index contributed by atoms with van der Waals surface area (Å²) >= 11 is 0. The second-order valence-electron chi connectivity index (χ2n) is 4.22. The van der Waals surface area contributed by atoms with Gasteiger partial charge < -0.3 is 4.42 Å². The van der Waals surface area contributed by atoms with Crippen molar-refractivity contribution in [3.8, 4) is 0 Å². The zero-order chi connectivity index (χ0) is 11.0. The van der Waals surface area contributed by atoms with E-state index in [1.807, 2.05) is 12.1 Å². The van der Waals surface area contributed by atoms with Crippen LogP contribution < -0.4 is 0 Å². The zero-order valence-corrected chi connectivity index (χ0v) is 8.85. The van der Waals surface area contributed by atoms with Crippen LogP contribution in [-0.4, -0.2) is 5.78 Å². The molecule has 0 fully saturated rings. The molecule has 0 atom stereocenters. The van der Waals surface area contributed by atoms with Gasteiger partial charge in [0.1, 0.15) is 0 Å². The first-order valence-electron chi connectivity index (χ1n) is 5.49. The first kappa shape index (κ1) is 9.40. The van der Waals surface area contributed by atoms with Gasteiger partial charge in [-0.2, -0.15) is 0 Å². The third kappa shape index (κ3) is 1.47. The number of furan rings is 1. The van der Waals surface area contributed by atoms with E-state index in [0.717, 1.165) is 12.8 Å². The van der Waals surface area contributed by atoms with Crippen LogP contribution in [0.1, 0.15) is 21.7 Å². The van der Waals surface area contributed by atoms with Crippen LogP contribution in [0.4, 0.5) is 0 Å². The average molecular weight is 212 g/mol. The van der Waals surface area contributed by atoms with E-state index in [-0.39, 0.29) is 11.7 Å². The van der Waals surface area contributed by atoms with Crippen LogP contribution >= 0.6 is 0 Å². The molecule has 0 saturated heterocycles. The number of carbonyl (C=O) groups excluding carboxylic acids is 1. The number of Topliss-reactive ketones (excluding diaryl/α,β-unsaturated/α-hetero) is 1. The normalized spacial score (nSPS) is 15.0. The van der Waals surface area contributed by atoms with Crippen LogP contribution in [-0.2, 0) is 12.8 Å². The molecular formula is C14H12O2. The van der Waals surface area contributed by atoms with Gasteiger partial charge in [0.15, 0.2) is 5.76 Å². The van der Waals surface area contributed by atoms with Gasteiger partial charge in [0, 0.05) is 5.92 Å².